The first-order chi connectivity index (χ1) is 9.21. The molecule has 0 bridgehead atoms. The fourth-order valence-corrected chi connectivity index (χ4v) is 2.24. The van der Waals surface area contributed by atoms with E-state index in [4.69, 9.17) is 0 Å². The van der Waals surface area contributed by atoms with Gasteiger partial charge in [-0.3, -0.25) is 4.79 Å². The van der Waals surface area contributed by atoms with E-state index in [-0.39, 0.29) is 11.9 Å². The van der Waals surface area contributed by atoms with E-state index in [2.05, 4.69) is 34.7 Å². The van der Waals surface area contributed by atoms with E-state index in [1.54, 1.807) is 23.9 Å². The van der Waals surface area contributed by atoms with E-state index in [0.29, 0.717) is 11.5 Å². The number of aromatic nitrogens is 2. The molecule has 1 heterocycles. The van der Waals surface area contributed by atoms with Crippen LogP contribution in [0.2, 0.25) is 0 Å². The Bertz CT molecular complexity index is 383. The van der Waals surface area contributed by atoms with Crippen molar-refractivity contribution in [3.8, 4) is 0 Å². The number of hydrogen-bond donors (Lipinski definition) is 2. The van der Waals surface area contributed by atoms with Crippen molar-refractivity contribution in [3.05, 3.63) is 17.8 Å². The largest absolute Gasteiger partial charge is 0.369 e. The molecule has 0 saturated heterocycles. The van der Waals surface area contributed by atoms with Gasteiger partial charge in [0, 0.05) is 18.3 Å². The zero-order chi connectivity index (χ0) is 14.1. The topological polar surface area (TPSA) is 66.9 Å². The maximum atomic E-state index is 12.0. The Morgan fingerprint density at radius 3 is 2.68 bits per heavy atom. The van der Waals surface area contributed by atoms with E-state index in [1.165, 1.54) is 0 Å². The molecule has 1 aromatic heterocycles. The smallest absolute Gasteiger partial charge is 0.272 e. The van der Waals surface area contributed by atoms with Crippen LogP contribution in [0.4, 0.5) is 5.82 Å². The summed E-state index contributed by atoms with van der Waals surface area (Å²) in [5.74, 6) is 1.45. The van der Waals surface area contributed by atoms with Crippen LogP contribution in [0, 0.1) is 0 Å². The van der Waals surface area contributed by atoms with E-state index in [1.807, 2.05) is 6.26 Å². The molecule has 106 valence electrons. The molecule has 1 atom stereocenters. The highest BCUT2D eigenvalue weighted by molar-refractivity contribution is 7.98. The Morgan fingerprint density at radius 1 is 1.37 bits per heavy atom. The van der Waals surface area contributed by atoms with Gasteiger partial charge in [-0.25, -0.2) is 0 Å². The lowest BCUT2D eigenvalue weighted by Gasteiger charge is -2.15. The molecule has 0 aliphatic heterocycles. The number of nitrogens with one attached hydrogen (secondary N) is 2. The zero-order valence-corrected chi connectivity index (χ0v) is 12.6. The van der Waals surface area contributed by atoms with Gasteiger partial charge in [0.1, 0.15) is 5.82 Å². The van der Waals surface area contributed by atoms with Gasteiger partial charge in [-0.05, 0) is 31.2 Å². The van der Waals surface area contributed by atoms with Crippen molar-refractivity contribution in [1.29, 1.82) is 0 Å². The Labute approximate surface area is 119 Å². The van der Waals surface area contributed by atoms with Crippen LogP contribution in [0.15, 0.2) is 12.1 Å². The summed E-state index contributed by atoms with van der Waals surface area (Å²) in [7, 11) is 0. The minimum atomic E-state index is -0.157. The van der Waals surface area contributed by atoms with Gasteiger partial charge in [0.05, 0.1) is 0 Å². The van der Waals surface area contributed by atoms with Gasteiger partial charge in [0.2, 0.25) is 0 Å². The standard InChI is InChI=1S/C13H22N4OS/c1-4-8-14-12-7-6-11(16-17-12)13(18)15-10(5-2)9-19-3/h6-7,10H,4-5,8-9H2,1-3H3,(H,14,17)(H,15,18). The quantitative estimate of drug-likeness (QED) is 0.765. The van der Waals surface area contributed by atoms with Crippen molar-refractivity contribution < 1.29 is 4.79 Å². The third-order valence-corrected chi connectivity index (χ3v) is 3.38. The van der Waals surface area contributed by atoms with Crippen molar-refractivity contribution in [2.24, 2.45) is 0 Å². The average molecular weight is 282 g/mol. The minimum Gasteiger partial charge on any atom is -0.369 e. The predicted octanol–water partition coefficient (Wildman–Crippen LogP) is 2.17. The third kappa shape index (κ3) is 5.46. The van der Waals surface area contributed by atoms with Gasteiger partial charge in [-0.1, -0.05) is 13.8 Å². The van der Waals surface area contributed by atoms with Gasteiger partial charge in [-0.15, -0.1) is 10.2 Å². The molecule has 19 heavy (non-hydrogen) atoms. The second-order valence-corrected chi connectivity index (χ2v) is 5.18. The number of hydrogen-bond acceptors (Lipinski definition) is 5. The summed E-state index contributed by atoms with van der Waals surface area (Å²) in [5.41, 5.74) is 0.363. The van der Waals surface area contributed by atoms with Crippen LogP contribution >= 0.6 is 11.8 Å². The van der Waals surface area contributed by atoms with Crippen LogP contribution in [-0.2, 0) is 0 Å². The molecule has 2 N–H and O–H groups in total. The Balaban J connectivity index is 2.56. The molecule has 0 aromatic carbocycles. The monoisotopic (exact) mass is 282 g/mol. The highest BCUT2D eigenvalue weighted by Crippen LogP contribution is 2.05. The second-order valence-electron chi connectivity index (χ2n) is 4.26. The first kappa shape index (κ1) is 15.8. The Hall–Kier alpha value is -1.30. The van der Waals surface area contributed by atoms with Gasteiger partial charge < -0.3 is 10.6 Å². The van der Waals surface area contributed by atoms with E-state index in [0.717, 1.165) is 25.1 Å². The van der Waals surface area contributed by atoms with E-state index < -0.39 is 0 Å². The van der Waals surface area contributed by atoms with Crippen LogP contribution in [0.5, 0.6) is 0 Å². The van der Waals surface area contributed by atoms with Gasteiger partial charge in [0.15, 0.2) is 5.69 Å². The summed E-state index contributed by atoms with van der Waals surface area (Å²) in [6.07, 6.45) is 3.97. The number of thioether (sulfide) groups is 1. The molecule has 1 rings (SSSR count). The van der Waals surface area contributed by atoms with Crippen molar-refractivity contribution >= 4 is 23.5 Å². The summed E-state index contributed by atoms with van der Waals surface area (Å²) in [4.78, 5) is 12.0. The number of amides is 1. The van der Waals surface area contributed by atoms with Crippen LogP contribution in [0.1, 0.15) is 37.2 Å². The first-order valence-electron chi connectivity index (χ1n) is 6.58. The van der Waals surface area contributed by atoms with Crippen molar-refractivity contribution in [1.82, 2.24) is 15.5 Å². The normalized spacial score (nSPS) is 11.9. The van der Waals surface area contributed by atoms with Crippen LogP contribution in [-0.4, -0.2) is 40.7 Å². The van der Waals surface area contributed by atoms with Crippen LogP contribution in [0.25, 0.3) is 0 Å². The van der Waals surface area contributed by atoms with Crippen LogP contribution < -0.4 is 10.6 Å². The molecule has 0 spiro atoms. The van der Waals surface area contributed by atoms with E-state index in [9.17, 15) is 4.79 Å². The molecule has 0 radical (unpaired) electrons. The molecule has 1 amide bonds. The number of rotatable bonds is 8. The molecule has 6 heteroatoms. The molecule has 1 aromatic rings. The van der Waals surface area contributed by atoms with Crippen molar-refractivity contribution in [2.45, 2.75) is 32.7 Å². The summed E-state index contributed by atoms with van der Waals surface area (Å²) >= 11 is 1.72. The second kappa shape index (κ2) is 8.74. The SMILES string of the molecule is CCCNc1ccc(C(=O)NC(CC)CSC)nn1. The highest BCUT2D eigenvalue weighted by atomic mass is 32.2. The minimum absolute atomic E-state index is 0.157. The van der Waals surface area contributed by atoms with Crippen molar-refractivity contribution in [3.63, 3.8) is 0 Å². The van der Waals surface area contributed by atoms with Crippen molar-refractivity contribution in [2.75, 3.05) is 23.9 Å². The third-order valence-electron chi connectivity index (χ3n) is 2.65. The molecule has 0 aliphatic rings. The molecular weight excluding hydrogens is 260 g/mol. The number of carbonyl (C=O) groups is 1. The number of anilines is 1. The molecular formula is C13H22N4OS. The highest BCUT2D eigenvalue weighted by Gasteiger charge is 2.13. The summed E-state index contributed by atoms with van der Waals surface area (Å²) < 4.78 is 0. The molecule has 5 nitrogen and oxygen atoms in total. The first-order valence-corrected chi connectivity index (χ1v) is 7.98. The lowest BCUT2D eigenvalue weighted by molar-refractivity contribution is 0.0934. The summed E-state index contributed by atoms with van der Waals surface area (Å²) in [6, 6.07) is 3.67. The Morgan fingerprint density at radius 2 is 2.16 bits per heavy atom. The molecule has 0 aliphatic carbocycles. The van der Waals surface area contributed by atoms with Gasteiger partial charge in [-0.2, -0.15) is 11.8 Å². The fraction of sp³-hybridized carbons (Fsp3) is 0.615. The molecule has 0 saturated carbocycles. The maximum Gasteiger partial charge on any atom is 0.272 e. The lowest BCUT2D eigenvalue weighted by atomic mass is 10.2. The average Bonchev–Trinajstić information content (AvgIpc) is 2.45. The predicted molar refractivity (Wildman–Crippen MR) is 80.7 cm³/mol. The molecule has 1 unspecified atom stereocenters. The zero-order valence-electron chi connectivity index (χ0n) is 11.8. The Kier molecular flexibility index (Phi) is 7.25. The summed E-state index contributed by atoms with van der Waals surface area (Å²) in [6.45, 7) is 5.00. The van der Waals surface area contributed by atoms with E-state index >= 15 is 0 Å². The molecule has 0 fully saturated rings. The number of carbonyl (C=O) groups excluding carboxylic acids is 1. The number of nitrogens with zero attached hydrogens (tertiary/aromatic N) is 2. The van der Waals surface area contributed by atoms with Gasteiger partial charge in [0.25, 0.3) is 5.91 Å². The maximum absolute atomic E-state index is 12.0. The van der Waals surface area contributed by atoms with Gasteiger partial charge >= 0.3 is 0 Å². The lowest BCUT2D eigenvalue weighted by Crippen LogP contribution is -2.36. The fourth-order valence-electron chi connectivity index (χ4n) is 1.52. The van der Waals surface area contributed by atoms with Crippen LogP contribution in [0.3, 0.4) is 0 Å². The summed E-state index contributed by atoms with van der Waals surface area (Å²) in [5, 5.41) is 14.0.